The summed E-state index contributed by atoms with van der Waals surface area (Å²) in [5.74, 6) is 6.77. The van der Waals surface area contributed by atoms with E-state index in [1.807, 2.05) is 0 Å². The number of nitrogens with two attached hydrogens (primary N) is 1. The molecule has 21 heavy (non-hydrogen) atoms. The van der Waals surface area contributed by atoms with Gasteiger partial charge in [-0.3, -0.25) is 5.84 Å². The summed E-state index contributed by atoms with van der Waals surface area (Å²) in [5.41, 5.74) is 10.1. The molecule has 0 amide bonds. The first-order valence-electron chi connectivity index (χ1n) is 7.16. The van der Waals surface area contributed by atoms with Gasteiger partial charge in [-0.2, -0.15) is 0 Å². The van der Waals surface area contributed by atoms with Crippen molar-refractivity contribution in [3.63, 3.8) is 0 Å². The molecule has 0 aliphatic carbocycles. The van der Waals surface area contributed by atoms with Gasteiger partial charge in [-0.15, -0.1) is 0 Å². The second kappa shape index (κ2) is 6.29. The molecule has 0 saturated carbocycles. The molecule has 1 atom stereocenters. The predicted molar refractivity (Wildman–Crippen MR) is 87.6 cm³/mol. The number of methoxy groups -OCH3 is 1. The molecule has 0 spiro atoms. The van der Waals surface area contributed by atoms with Crippen LogP contribution in [-0.2, 0) is 0 Å². The molecule has 3 nitrogen and oxygen atoms in total. The Bertz CT molecular complexity index is 650. The highest BCUT2D eigenvalue weighted by molar-refractivity contribution is 5.47. The second-order valence-electron chi connectivity index (χ2n) is 5.64. The highest BCUT2D eigenvalue weighted by Gasteiger charge is 2.18. The van der Waals surface area contributed by atoms with Crippen molar-refractivity contribution in [2.75, 3.05) is 7.11 Å². The summed E-state index contributed by atoms with van der Waals surface area (Å²) < 4.78 is 5.39. The molecular formula is C18H24N2O. The molecule has 0 aromatic heterocycles. The van der Waals surface area contributed by atoms with Crippen LogP contribution < -0.4 is 16.0 Å². The van der Waals surface area contributed by atoms with Gasteiger partial charge < -0.3 is 4.74 Å². The van der Waals surface area contributed by atoms with E-state index in [1.165, 1.54) is 27.8 Å². The van der Waals surface area contributed by atoms with E-state index in [9.17, 15) is 0 Å². The average molecular weight is 284 g/mol. The Morgan fingerprint density at radius 1 is 0.905 bits per heavy atom. The van der Waals surface area contributed by atoms with Gasteiger partial charge in [0.05, 0.1) is 13.2 Å². The minimum Gasteiger partial charge on any atom is -0.496 e. The molecule has 0 fully saturated rings. The lowest BCUT2D eigenvalue weighted by Gasteiger charge is -2.23. The quantitative estimate of drug-likeness (QED) is 0.667. The first-order chi connectivity index (χ1) is 9.97. The van der Waals surface area contributed by atoms with Crippen LogP contribution in [0.3, 0.4) is 0 Å². The molecule has 0 heterocycles. The van der Waals surface area contributed by atoms with Crippen molar-refractivity contribution in [2.24, 2.45) is 5.84 Å². The van der Waals surface area contributed by atoms with Crippen molar-refractivity contribution in [1.82, 2.24) is 5.43 Å². The van der Waals surface area contributed by atoms with E-state index >= 15 is 0 Å². The first-order valence-corrected chi connectivity index (χ1v) is 7.16. The highest BCUT2D eigenvalue weighted by Crippen LogP contribution is 2.31. The van der Waals surface area contributed by atoms with Crippen LogP contribution in [0.1, 0.15) is 39.4 Å². The molecule has 1 unspecified atom stereocenters. The molecule has 2 rings (SSSR count). The van der Waals surface area contributed by atoms with Crippen LogP contribution in [0, 0.1) is 27.7 Å². The summed E-state index contributed by atoms with van der Waals surface area (Å²) in [6.07, 6.45) is 0. The van der Waals surface area contributed by atoms with Crippen LogP contribution in [0.2, 0.25) is 0 Å². The fourth-order valence-corrected chi connectivity index (χ4v) is 2.76. The van der Waals surface area contributed by atoms with Crippen molar-refractivity contribution in [1.29, 1.82) is 0 Å². The molecular weight excluding hydrogens is 260 g/mol. The molecule has 112 valence electrons. The summed E-state index contributed by atoms with van der Waals surface area (Å²) in [6, 6.07) is 10.7. The Hall–Kier alpha value is -1.84. The number of rotatable bonds is 4. The fraction of sp³-hybridized carbons (Fsp3) is 0.333. The third-order valence-electron chi connectivity index (χ3n) is 4.01. The maximum atomic E-state index is 5.86. The molecule has 2 aromatic carbocycles. The average Bonchev–Trinajstić information content (AvgIpc) is 2.46. The summed E-state index contributed by atoms with van der Waals surface area (Å²) in [6.45, 7) is 8.36. The van der Waals surface area contributed by atoms with Gasteiger partial charge in [0, 0.05) is 0 Å². The number of hydrazine groups is 1. The number of nitrogens with one attached hydrogen (secondary N) is 1. The van der Waals surface area contributed by atoms with E-state index in [0.717, 1.165) is 11.3 Å². The number of hydrogen-bond acceptors (Lipinski definition) is 3. The molecule has 0 bridgehead atoms. The summed E-state index contributed by atoms with van der Waals surface area (Å²) in [5, 5.41) is 0. The van der Waals surface area contributed by atoms with Gasteiger partial charge in [-0.25, -0.2) is 5.43 Å². The lowest BCUT2D eigenvalue weighted by Crippen LogP contribution is -2.30. The number of benzene rings is 2. The maximum Gasteiger partial charge on any atom is 0.122 e. The van der Waals surface area contributed by atoms with E-state index in [2.05, 4.69) is 63.5 Å². The standard InChI is InChI=1S/C18H24N2O/c1-11-6-7-12(2)15(8-11)18(20-19)16-9-14(4)17(21-5)10-13(16)3/h6-10,18,20H,19H2,1-5H3. The maximum absolute atomic E-state index is 5.86. The Morgan fingerprint density at radius 2 is 1.57 bits per heavy atom. The van der Waals surface area contributed by atoms with Crippen molar-refractivity contribution >= 4 is 0 Å². The van der Waals surface area contributed by atoms with Crippen LogP contribution in [-0.4, -0.2) is 7.11 Å². The van der Waals surface area contributed by atoms with E-state index in [0.29, 0.717) is 0 Å². The van der Waals surface area contributed by atoms with Gasteiger partial charge in [-0.05, 0) is 61.6 Å². The lowest BCUT2D eigenvalue weighted by molar-refractivity contribution is 0.411. The predicted octanol–water partition coefficient (Wildman–Crippen LogP) is 3.48. The second-order valence-corrected chi connectivity index (χ2v) is 5.64. The Labute approximate surface area is 127 Å². The third-order valence-corrected chi connectivity index (χ3v) is 4.01. The van der Waals surface area contributed by atoms with Crippen molar-refractivity contribution in [3.8, 4) is 5.75 Å². The summed E-state index contributed by atoms with van der Waals surface area (Å²) >= 11 is 0. The number of aryl methyl sites for hydroxylation is 4. The molecule has 0 aliphatic heterocycles. The largest absolute Gasteiger partial charge is 0.496 e. The zero-order valence-corrected chi connectivity index (χ0v) is 13.4. The van der Waals surface area contributed by atoms with Gasteiger partial charge in [-0.1, -0.05) is 29.8 Å². The molecule has 0 radical (unpaired) electrons. The Morgan fingerprint density at radius 3 is 2.19 bits per heavy atom. The van der Waals surface area contributed by atoms with Crippen LogP contribution in [0.4, 0.5) is 0 Å². The molecule has 0 aliphatic rings. The topological polar surface area (TPSA) is 47.3 Å². The number of ether oxygens (including phenoxy) is 1. The Kier molecular flexibility index (Phi) is 4.66. The van der Waals surface area contributed by atoms with Crippen molar-refractivity contribution < 1.29 is 4.74 Å². The van der Waals surface area contributed by atoms with Crippen molar-refractivity contribution in [3.05, 3.63) is 63.7 Å². The molecule has 3 N–H and O–H groups in total. The third kappa shape index (κ3) is 3.09. The van der Waals surface area contributed by atoms with Crippen LogP contribution in [0.25, 0.3) is 0 Å². The molecule has 0 saturated heterocycles. The van der Waals surface area contributed by atoms with Gasteiger partial charge in [0.1, 0.15) is 5.75 Å². The van der Waals surface area contributed by atoms with E-state index in [4.69, 9.17) is 10.6 Å². The lowest BCUT2D eigenvalue weighted by atomic mass is 9.90. The zero-order valence-electron chi connectivity index (χ0n) is 13.4. The normalized spacial score (nSPS) is 12.3. The van der Waals surface area contributed by atoms with E-state index < -0.39 is 0 Å². The summed E-state index contributed by atoms with van der Waals surface area (Å²) in [7, 11) is 1.70. The minimum atomic E-state index is -0.0190. The zero-order chi connectivity index (χ0) is 15.6. The van der Waals surface area contributed by atoms with Gasteiger partial charge >= 0.3 is 0 Å². The van der Waals surface area contributed by atoms with E-state index in [1.54, 1.807) is 7.11 Å². The highest BCUT2D eigenvalue weighted by atomic mass is 16.5. The van der Waals surface area contributed by atoms with Crippen molar-refractivity contribution in [2.45, 2.75) is 33.7 Å². The smallest absolute Gasteiger partial charge is 0.122 e. The monoisotopic (exact) mass is 284 g/mol. The van der Waals surface area contributed by atoms with Gasteiger partial charge in [0.25, 0.3) is 0 Å². The molecule has 3 heteroatoms. The van der Waals surface area contributed by atoms with Crippen LogP contribution >= 0.6 is 0 Å². The summed E-state index contributed by atoms with van der Waals surface area (Å²) in [4.78, 5) is 0. The van der Waals surface area contributed by atoms with E-state index in [-0.39, 0.29) is 6.04 Å². The fourth-order valence-electron chi connectivity index (χ4n) is 2.76. The first kappa shape index (κ1) is 15.5. The van der Waals surface area contributed by atoms with Gasteiger partial charge in [0.15, 0.2) is 0 Å². The van der Waals surface area contributed by atoms with Crippen LogP contribution in [0.15, 0.2) is 30.3 Å². The number of hydrogen-bond donors (Lipinski definition) is 2. The minimum absolute atomic E-state index is 0.0190. The Balaban J connectivity index is 2.56. The van der Waals surface area contributed by atoms with Crippen LogP contribution in [0.5, 0.6) is 5.75 Å². The SMILES string of the molecule is COc1cc(C)c(C(NN)c2cc(C)ccc2C)cc1C. The molecule has 2 aromatic rings. The van der Waals surface area contributed by atoms with Gasteiger partial charge in [0.2, 0.25) is 0 Å².